The smallest absolute Gasteiger partial charge is 0.429 e. The van der Waals surface area contributed by atoms with E-state index in [1.165, 1.54) is 7.11 Å². The Hall–Kier alpha value is -2.49. The molecule has 2 saturated heterocycles. The van der Waals surface area contributed by atoms with E-state index >= 15 is 0 Å². The number of aliphatic hydroxyl groups is 1. The molecular formula is C22H24O8. The summed E-state index contributed by atoms with van der Waals surface area (Å²) in [6.45, 7) is 0.250. The van der Waals surface area contributed by atoms with Gasteiger partial charge in [0.2, 0.25) is 0 Å². The van der Waals surface area contributed by atoms with Crippen molar-refractivity contribution in [3.63, 3.8) is 0 Å². The first-order chi connectivity index (χ1) is 14.7. The summed E-state index contributed by atoms with van der Waals surface area (Å²) in [5, 5.41) is 10.9. The Morgan fingerprint density at radius 1 is 1.07 bits per heavy atom. The number of hydrogen-bond acceptors (Lipinski definition) is 8. The van der Waals surface area contributed by atoms with Crippen molar-refractivity contribution in [2.75, 3.05) is 13.7 Å². The van der Waals surface area contributed by atoms with Crippen molar-refractivity contribution in [2.24, 2.45) is 0 Å². The monoisotopic (exact) mass is 416 g/mol. The fraction of sp³-hybridized carbons (Fsp3) is 0.409. The summed E-state index contributed by atoms with van der Waals surface area (Å²) in [6.07, 6.45) is -6.20. The molecule has 8 nitrogen and oxygen atoms in total. The highest BCUT2D eigenvalue weighted by Gasteiger charge is 2.51. The summed E-state index contributed by atoms with van der Waals surface area (Å²) in [5.74, 6) is 0. The van der Waals surface area contributed by atoms with Crippen molar-refractivity contribution < 1.29 is 38.3 Å². The van der Waals surface area contributed by atoms with Gasteiger partial charge in [-0.25, -0.2) is 4.79 Å². The molecule has 2 aromatic carbocycles. The zero-order chi connectivity index (χ0) is 20.9. The molecule has 0 unspecified atom stereocenters. The summed E-state index contributed by atoms with van der Waals surface area (Å²) < 4.78 is 33.2. The highest BCUT2D eigenvalue weighted by molar-refractivity contribution is 5.60. The molecule has 0 spiro atoms. The molecule has 6 atom stereocenters. The topological polar surface area (TPSA) is 92.7 Å². The van der Waals surface area contributed by atoms with E-state index in [0.717, 1.165) is 11.1 Å². The fourth-order valence-electron chi connectivity index (χ4n) is 3.52. The fourth-order valence-corrected chi connectivity index (χ4v) is 3.52. The van der Waals surface area contributed by atoms with E-state index in [9.17, 15) is 9.90 Å². The number of methoxy groups -OCH3 is 1. The van der Waals surface area contributed by atoms with Gasteiger partial charge >= 0.3 is 6.16 Å². The average molecular weight is 416 g/mol. The van der Waals surface area contributed by atoms with Gasteiger partial charge in [-0.1, -0.05) is 60.7 Å². The summed E-state index contributed by atoms with van der Waals surface area (Å²) in [5.41, 5.74) is 1.63. The molecule has 0 saturated carbocycles. The zero-order valence-corrected chi connectivity index (χ0v) is 16.5. The van der Waals surface area contributed by atoms with Crippen LogP contribution in [0.4, 0.5) is 4.79 Å². The van der Waals surface area contributed by atoms with Crippen molar-refractivity contribution >= 4 is 6.16 Å². The summed E-state index contributed by atoms with van der Waals surface area (Å²) in [7, 11) is 1.40. The number of carbonyl (C=O) groups is 1. The normalized spacial score (nSPS) is 30.9. The molecule has 1 N–H and O–H groups in total. The number of fused-ring (bicyclic) bond motifs is 1. The Morgan fingerprint density at radius 2 is 1.77 bits per heavy atom. The first-order valence-corrected chi connectivity index (χ1v) is 9.71. The Labute approximate surface area is 174 Å². The van der Waals surface area contributed by atoms with Crippen molar-refractivity contribution in [3.8, 4) is 0 Å². The van der Waals surface area contributed by atoms with Gasteiger partial charge in [0.05, 0.1) is 6.61 Å². The van der Waals surface area contributed by atoms with Crippen LogP contribution in [0.3, 0.4) is 0 Å². The lowest BCUT2D eigenvalue weighted by Crippen LogP contribution is -2.63. The van der Waals surface area contributed by atoms with E-state index in [1.807, 2.05) is 60.7 Å². The van der Waals surface area contributed by atoms with Gasteiger partial charge < -0.3 is 33.5 Å². The van der Waals surface area contributed by atoms with Gasteiger partial charge in [0.25, 0.3) is 0 Å². The first kappa shape index (κ1) is 20.8. The molecule has 0 aromatic heterocycles. The minimum absolute atomic E-state index is 0.0491. The first-order valence-electron chi connectivity index (χ1n) is 9.71. The van der Waals surface area contributed by atoms with Crippen molar-refractivity contribution in [1.29, 1.82) is 0 Å². The SMILES string of the molecule is CO[C@H]1O[C@@H]2CO[C@@H](c3ccccc3)O[C@H]2[C@H](O)[C@H]1OC(=O)OCc1ccccc1. The van der Waals surface area contributed by atoms with E-state index in [-0.39, 0.29) is 13.2 Å². The van der Waals surface area contributed by atoms with Crippen molar-refractivity contribution in [2.45, 2.75) is 43.6 Å². The molecule has 2 aliphatic heterocycles. The van der Waals surface area contributed by atoms with Crippen LogP contribution in [-0.4, -0.2) is 55.7 Å². The number of ether oxygens (including phenoxy) is 6. The molecule has 0 radical (unpaired) electrons. The molecule has 0 bridgehead atoms. The summed E-state index contributed by atoms with van der Waals surface area (Å²) in [4.78, 5) is 12.2. The van der Waals surface area contributed by atoms with Gasteiger partial charge in [-0.15, -0.1) is 0 Å². The van der Waals surface area contributed by atoms with E-state index in [0.29, 0.717) is 0 Å². The molecule has 4 rings (SSSR count). The summed E-state index contributed by atoms with van der Waals surface area (Å²) >= 11 is 0. The van der Waals surface area contributed by atoms with Gasteiger partial charge in [0.1, 0.15) is 24.9 Å². The average Bonchev–Trinajstić information content (AvgIpc) is 2.80. The molecular weight excluding hydrogens is 392 g/mol. The highest BCUT2D eigenvalue weighted by atomic mass is 16.8. The Morgan fingerprint density at radius 3 is 2.47 bits per heavy atom. The van der Waals surface area contributed by atoms with Crippen LogP contribution in [0.2, 0.25) is 0 Å². The van der Waals surface area contributed by atoms with Crippen molar-refractivity contribution in [3.05, 3.63) is 71.8 Å². The van der Waals surface area contributed by atoms with Gasteiger partial charge in [-0.2, -0.15) is 0 Å². The van der Waals surface area contributed by atoms with Crippen LogP contribution in [0.1, 0.15) is 17.4 Å². The molecule has 0 aliphatic carbocycles. The van der Waals surface area contributed by atoms with Crippen LogP contribution in [0.15, 0.2) is 60.7 Å². The van der Waals surface area contributed by atoms with Crippen LogP contribution >= 0.6 is 0 Å². The van der Waals surface area contributed by atoms with Crippen LogP contribution in [-0.2, 0) is 35.0 Å². The molecule has 2 heterocycles. The maximum Gasteiger partial charge on any atom is 0.509 e. The third-order valence-corrected chi connectivity index (χ3v) is 5.05. The minimum Gasteiger partial charge on any atom is -0.429 e. The van der Waals surface area contributed by atoms with Gasteiger partial charge in [-0.05, 0) is 5.56 Å². The van der Waals surface area contributed by atoms with Crippen LogP contribution < -0.4 is 0 Å². The van der Waals surface area contributed by atoms with Gasteiger partial charge in [0.15, 0.2) is 18.7 Å². The molecule has 160 valence electrons. The van der Waals surface area contributed by atoms with Crippen LogP contribution in [0.5, 0.6) is 0 Å². The zero-order valence-electron chi connectivity index (χ0n) is 16.5. The maximum atomic E-state index is 12.2. The molecule has 0 amide bonds. The van der Waals surface area contributed by atoms with Gasteiger partial charge in [-0.3, -0.25) is 0 Å². The van der Waals surface area contributed by atoms with Crippen molar-refractivity contribution in [1.82, 2.24) is 0 Å². The lowest BCUT2D eigenvalue weighted by atomic mass is 9.97. The van der Waals surface area contributed by atoms with Gasteiger partial charge in [0, 0.05) is 12.7 Å². The number of aliphatic hydroxyl groups excluding tert-OH is 1. The van der Waals surface area contributed by atoms with Crippen LogP contribution in [0.25, 0.3) is 0 Å². The van der Waals surface area contributed by atoms with E-state index in [1.54, 1.807) is 0 Å². The Kier molecular flexibility index (Phi) is 6.61. The Bertz CT molecular complexity index is 814. The second-order valence-electron chi connectivity index (χ2n) is 7.05. The minimum atomic E-state index is -1.19. The second-order valence-corrected chi connectivity index (χ2v) is 7.05. The molecule has 2 aromatic rings. The number of hydrogen-bond donors (Lipinski definition) is 1. The van der Waals surface area contributed by atoms with Crippen LogP contribution in [0, 0.1) is 0 Å². The predicted molar refractivity (Wildman–Crippen MR) is 103 cm³/mol. The maximum absolute atomic E-state index is 12.2. The highest BCUT2D eigenvalue weighted by Crippen LogP contribution is 2.35. The lowest BCUT2D eigenvalue weighted by Gasteiger charge is -2.46. The number of rotatable bonds is 5. The molecule has 2 fully saturated rings. The third-order valence-electron chi connectivity index (χ3n) is 5.05. The number of benzene rings is 2. The number of carbonyl (C=O) groups excluding carboxylic acids is 1. The second kappa shape index (κ2) is 9.55. The predicted octanol–water partition coefficient (Wildman–Crippen LogP) is 2.55. The lowest BCUT2D eigenvalue weighted by molar-refractivity contribution is -0.358. The molecule has 8 heteroatoms. The quantitative estimate of drug-likeness (QED) is 0.744. The Balaban J connectivity index is 1.40. The standard InChI is InChI=1S/C22H24O8/c1-25-21-19(30-22(24)27-12-14-8-4-2-5-9-14)17(23)18-16(28-21)13-26-20(29-18)15-10-6-3-7-11-15/h2-11,16-21,23H,12-13H2,1H3/t16-,17+,18-,19-,20-,21+/m1/s1. The van der Waals surface area contributed by atoms with E-state index < -0.39 is 43.2 Å². The largest absolute Gasteiger partial charge is 0.509 e. The summed E-state index contributed by atoms with van der Waals surface area (Å²) in [6, 6.07) is 18.6. The van der Waals surface area contributed by atoms with E-state index in [2.05, 4.69) is 0 Å². The third kappa shape index (κ3) is 4.63. The molecule has 30 heavy (non-hydrogen) atoms. The molecule has 2 aliphatic rings. The van der Waals surface area contributed by atoms with E-state index in [4.69, 9.17) is 28.4 Å².